The molecule has 0 radical (unpaired) electrons. The topological polar surface area (TPSA) is 66.9 Å². The Morgan fingerprint density at radius 3 is 2.41 bits per heavy atom. The summed E-state index contributed by atoms with van der Waals surface area (Å²) in [5.74, 6) is -1.28. The highest BCUT2D eigenvalue weighted by atomic mass is 16.5. The Bertz CT molecular complexity index is 772. The Balaban J connectivity index is 1.39. The van der Waals surface area contributed by atoms with Gasteiger partial charge < -0.3 is 14.5 Å². The number of anilines is 1. The van der Waals surface area contributed by atoms with Crippen LogP contribution in [0.2, 0.25) is 0 Å². The van der Waals surface area contributed by atoms with Gasteiger partial charge in [0.25, 0.3) is 5.91 Å². The highest BCUT2D eigenvalue weighted by molar-refractivity contribution is 5.99. The third-order valence-electron chi connectivity index (χ3n) is 6.59. The zero-order valence-electron chi connectivity index (χ0n) is 17.0. The van der Waals surface area contributed by atoms with Crippen LogP contribution >= 0.6 is 0 Å². The third-order valence-corrected chi connectivity index (χ3v) is 6.59. The lowest BCUT2D eigenvalue weighted by atomic mass is 9.78. The van der Waals surface area contributed by atoms with Crippen molar-refractivity contribution < 1.29 is 19.1 Å². The van der Waals surface area contributed by atoms with Gasteiger partial charge in [0.05, 0.1) is 11.8 Å². The van der Waals surface area contributed by atoms with Crippen LogP contribution in [0.4, 0.5) is 5.69 Å². The van der Waals surface area contributed by atoms with E-state index in [-0.39, 0.29) is 30.3 Å². The number of likely N-dealkylation sites (tertiary alicyclic amines) is 1. The van der Waals surface area contributed by atoms with E-state index in [9.17, 15) is 14.4 Å². The van der Waals surface area contributed by atoms with Crippen molar-refractivity contribution in [1.29, 1.82) is 0 Å². The number of piperidine rings is 1. The van der Waals surface area contributed by atoms with Crippen LogP contribution in [0.1, 0.15) is 50.5 Å². The van der Waals surface area contributed by atoms with E-state index in [1.165, 1.54) is 5.56 Å². The molecule has 29 heavy (non-hydrogen) atoms. The van der Waals surface area contributed by atoms with Gasteiger partial charge in [0, 0.05) is 25.3 Å². The first-order valence-corrected chi connectivity index (χ1v) is 11.0. The fourth-order valence-corrected chi connectivity index (χ4v) is 4.95. The molecule has 2 fully saturated rings. The number of benzene rings is 1. The molecule has 2 aliphatic heterocycles. The summed E-state index contributed by atoms with van der Waals surface area (Å²) in [6, 6.07) is 7.98. The van der Waals surface area contributed by atoms with E-state index in [0.717, 1.165) is 57.3 Å². The highest BCUT2D eigenvalue weighted by Crippen LogP contribution is 2.36. The van der Waals surface area contributed by atoms with Crippen LogP contribution in [0, 0.1) is 11.8 Å². The molecule has 2 amide bonds. The molecular weight excluding hydrogens is 368 g/mol. The quantitative estimate of drug-likeness (QED) is 0.732. The van der Waals surface area contributed by atoms with Crippen molar-refractivity contribution in [3.8, 4) is 0 Å². The van der Waals surface area contributed by atoms with Crippen LogP contribution in [-0.2, 0) is 25.5 Å². The van der Waals surface area contributed by atoms with Gasteiger partial charge in [-0.1, -0.05) is 31.0 Å². The Labute approximate surface area is 172 Å². The summed E-state index contributed by atoms with van der Waals surface area (Å²) in [6.07, 6.45) is 7.25. The normalized spacial score (nSPS) is 24.1. The van der Waals surface area contributed by atoms with Crippen molar-refractivity contribution in [3.05, 3.63) is 29.8 Å². The molecule has 1 aromatic rings. The minimum absolute atomic E-state index is 0.0268. The van der Waals surface area contributed by atoms with Crippen molar-refractivity contribution in [3.63, 3.8) is 0 Å². The number of rotatable bonds is 4. The number of para-hydroxylation sites is 1. The van der Waals surface area contributed by atoms with Crippen molar-refractivity contribution in [1.82, 2.24) is 4.90 Å². The van der Waals surface area contributed by atoms with Crippen molar-refractivity contribution >= 4 is 23.5 Å². The molecule has 2 heterocycles. The van der Waals surface area contributed by atoms with E-state index in [2.05, 4.69) is 6.07 Å². The van der Waals surface area contributed by atoms with Gasteiger partial charge in [-0.25, -0.2) is 0 Å². The predicted octanol–water partition coefficient (Wildman–Crippen LogP) is 2.94. The number of hydrogen-bond acceptors (Lipinski definition) is 4. The van der Waals surface area contributed by atoms with Crippen molar-refractivity contribution in [2.24, 2.45) is 11.8 Å². The molecule has 3 aliphatic rings. The standard InChI is InChI=1S/C23H30N2O4/c26-21(24-13-6-1-7-14-24)16-29-23(28)19-10-4-3-9-18(19)22(27)25-15-12-17-8-2-5-11-20(17)25/h2,5,8,11,18-19H,1,3-4,6-7,9-10,12-16H2/t18-,19-/m0/s1. The van der Waals surface area contributed by atoms with E-state index in [4.69, 9.17) is 4.74 Å². The zero-order valence-corrected chi connectivity index (χ0v) is 17.0. The van der Waals surface area contributed by atoms with E-state index in [0.29, 0.717) is 19.4 Å². The molecule has 2 atom stereocenters. The SMILES string of the molecule is O=C(OCC(=O)N1CCCCC1)[C@H]1CCCC[C@@H]1C(=O)N1CCc2ccccc21. The van der Waals surface area contributed by atoms with Gasteiger partial charge >= 0.3 is 5.97 Å². The molecule has 1 saturated heterocycles. The Morgan fingerprint density at radius 2 is 1.62 bits per heavy atom. The number of esters is 1. The number of nitrogens with zero attached hydrogens (tertiary/aromatic N) is 2. The van der Waals surface area contributed by atoms with Crippen LogP contribution in [0.25, 0.3) is 0 Å². The fraction of sp³-hybridized carbons (Fsp3) is 0.609. The first-order valence-electron chi connectivity index (χ1n) is 11.0. The second-order valence-corrected chi connectivity index (χ2v) is 8.42. The van der Waals surface area contributed by atoms with Crippen LogP contribution in [0.15, 0.2) is 24.3 Å². The van der Waals surface area contributed by atoms with Gasteiger partial charge in [0.15, 0.2) is 6.61 Å². The minimum atomic E-state index is -0.446. The fourth-order valence-electron chi connectivity index (χ4n) is 4.95. The molecule has 0 aromatic heterocycles. The monoisotopic (exact) mass is 398 g/mol. The van der Waals surface area contributed by atoms with Gasteiger partial charge in [0.2, 0.25) is 5.91 Å². The summed E-state index contributed by atoms with van der Waals surface area (Å²) in [5, 5.41) is 0. The molecule has 1 aliphatic carbocycles. The van der Waals surface area contributed by atoms with Crippen LogP contribution in [-0.4, -0.2) is 48.9 Å². The molecule has 0 spiro atoms. The molecule has 1 aromatic carbocycles. The van der Waals surface area contributed by atoms with Crippen molar-refractivity contribution in [2.45, 2.75) is 51.4 Å². The number of hydrogen-bond donors (Lipinski definition) is 0. The van der Waals surface area contributed by atoms with Crippen molar-refractivity contribution in [2.75, 3.05) is 31.1 Å². The van der Waals surface area contributed by atoms with Crippen LogP contribution < -0.4 is 4.90 Å². The molecular formula is C23H30N2O4. The summed E-state index contributed by atoms with van der Waals surface area (Å²) in [7, 11) is 0. The maximum Gasteiger partial charge on any atom is 0.310 e. The average Bonchev–Trinajstić information content (AvgIpc) is 3.21. The maximum atomic E-state index is 13.3. The molecule has 6 nitrogen and oxygen atoms in total. The first kappa shape index (κ1) is 19.9. The number of fused-ring (bicyclic) bond motifs is 1. The smallest absolute Gasteiger partial charge is 0.310 e. The minimum Gasteiger partial charge on any atom is -0.455 e. The van der Waals surface area contributed by atoms with E-state index in [1.807, 2.05) is 23.1 Å². The number of carbonyl (C=O) groups is 3. The number of carbonyl (C=O) groups excluding carboxylic acids is 3. The maximum absolute atomic E-state index is 13.3. The Hall–Kier alpha value is -2.37. The summed E-state index contributed by atoms with van der Waals surface area (Å²) in [4.78, 5) is 42.0. The third kappa shape index (κ3) is 4.31. The van der Waals surface area contributed by atoms with Gasteiger partial charge in [-0.2, -0.15) is 0 Å². The van der Waals surface area contributed by atoms with Gasteiger partial charge in [0.1, 0.15) is 0 Å². The van der Waals surface area contributed by atoms with E-state index in [1.54, 1.807) is 4.90 Å². The predicted molar refractivity (Wildman–Crippen MR) is 109 cm³/mol. The van der Waals surface area contributed by atoms with Gasteiger partial charge in [-0.05, 0) is 50.2 Å². The van der Waals surface area contributed by atoms with Gasteiger partial charge in [-0.15, -0.1) is 0 Å². The molecule has 0 N–H and O–H groups in total. The molecule has 156 valence electrons. The number of ether oxygens (including phenoxy) is 1. The van der Waals surface area contributed by atoms with Crippen LogP contribution in [0.3, 0.4) is 0 Å². The average molecular weight is 399 g/mol. The highest BCUT2D eigenvalue weighted by Gasteiger charge is 2.40. The summed E-state index contributed by atoms with van der Waals surface area (Å²) in [5.41, 5.74) is 2.15. The van der Waals surface area contributed by atoms with Gasteiger partial charge in [-0.3, -0.25) is 14.4 Å². The molecule has 0 bridgehead atoms. The van der Waals surface area contributed by atoms with E-state index < -0.39 is 5.92 Å². The summed E-state index contributed by atoms with van der Waals surface area (Å²) >= 11 is 0. The van der Waals surface area contributed by atoms with E-state index >= 15 is 0 Å². The largest absolute Gasteiger partial charge is 0.455 e. The zero-order chi connectivity index (χ0) is 20.2. The first-order chi connectivity index (χ1) is 14.1. The molecule has 0 unspecified atom stereocenters. The molecule has 4 rings (SSSR count). The molecule has 6 heteroatoms. The Kier molecular flexibility index (Phi) is 6.16. The summed E-state index contributed by atoms with van der Waals surface area (Å²) < 4.78 is 5.41. The number of amides is 2. The lowest BCUT2D eigenvalue weighted by Gasteiger charge is -2.32. The second-order valence-electron chi connectivity index (χ2n) is 8.42. The Morgan fingerprint density at radius 1 is 0.897 bits per heavy atom. The van der Waals surface area contributed by atoms with Crippen LogP contribution in [0.5, 0.6) is 0 Å². The molecule has 1 saturated carbocycles. The second kappa shape index (κ2) is 8.97. The lowest BCUT2D eigenvalue weighted by molar-refractivity contribution is -0.159. The lowest BCUT2D eigenvalue weighted by Crippen LogP contribution is -2.43. The summed E-state index contributed by atoms with van der Waals surface area (Å²) in [6.45, 7) is 1.96.